The van der Waals surface area contributed by atoms with Crippen molar-refractivity contribution < 1.29 is 14.3 Å². The van der Waals surface area contributed by atoms with E-state index in [1.807, 2.05) is 6.92 Å². The molecule has 0 radical (unpaired) electrons. The second kappa shape index (κ2) is 8.28. The minimum Gasteiger partial charge on any atom is -0.382 e. The number of fused-ring (bicyclic) bond motifs is 1. The van der Waals surface area contributed by atoms with Crippen LogP contribution in [0, 0.1) is 5.82 Å². The highest BCUT2D eigenvalue weighted by molar-refractivity contribution is 6.31. The standard InChI is InChI=1S/C21H23ClFN5O2/c1-2-4-17(29)21(30)6-3-5-13(8-21)27-20-16(23)11-26-19(28-20)15-10-25-18-14(15)7-12(22)9-24-18/h7,9-11,13,30H,2-6,8H2,1H3,(H,24,25)(H,26,27,28)/t13?,21-/m1/s1. The summed E-state index contributed by atoms with van der Waals surface area (Å²) in [7, 11) is 0. The molecule has 3 heterocycles. The lowest BCUT2D eigenvalue weighted by atomic mass is 9.78. The van der Waals surface area contributed by atoms with E-state index in [0.29, 0.717) is 54.2 Å². The Bertz CT molecular complexity index is 1090. The van der Waals surface area contributed by atoms with Crippen molar-refractivity contribution in [2.75, 3.05) is 5.32 Å². The third kappa shape index (κ3) is 4.02. The molecule has 0 spiro atoms. The Balaban J connectivity index is 1.59. The molecule has 0 saturated heterocycles. The van der Waals surface area contributed by atoms with E-state index in [0.717, 1.165) is 11.6 Å². The number of rotatable bonds is 6. The summed E-state index contributed by atoms with van der Waals surface area (Å²) in [5.41, 5.74) is -0.0812. The molecule has 0 aromatic carbocycles. The van der Waals surface area contributed by atoms with Crippen LogP contribution in [0.25, 0.3) is 22.4 Å². The third-order valence-corrected chi connectivity index (χ3v) is 5.75. The van der Waals surface area contributed by atoms with E-state index in [4.69, 9.17) is 11.6 Å². The van der Waals surface area contributed by atoms with Gasteiger partial charge in [-0.2, -0.15) is 0 Å². The van der Waals surface area contributed by atoms with Gasteiger partial charge in [-0.05, 0) is 31.7 Å². The van der Waals surface area contributed by atoms with E-state index in [-0.39, 0.29) is 24.1 Å². The molecule has 1 aliphatic rings. The van der Waals surface area contributed by atoms with Crippen molar-refractivity contribution in [2.24, 2.45) is 0 Å². The number of aromatic nitrogens is 4. The van der Waals surface area contributed by atoms with Crippen molar-refractivity contribution in [3.8, 4) is 11.4 Å². The summed E-state index contributed by atoms with van der Waals surface area (Å²) in [5, 5.41) is 15.1. The smallest absolute Gasteiger partial charge is 0.183 e. The minimum atomic E-state index is -1.36. The Morgan fingerprint density at radius 2 is 2.27 bits per heavy atom. The fraction of sp³-hybridized carbons (Fsp3) is 0.429. The van der Waals surface area contributed by atoms with E-state index in [1.54, 1.807) is 12.3 Å². The first-order valence-electron chi connectivity index (χ1n) is 10.1. The fourth-order valence-corrected chi connectivity index (χ4v) is 4.20. The van der Waals surface area contributed by atoms with Crippen LogP contribution in [0.4, 0.5) is 10.2 Å². The van der Waals surface area contributed by atoms with Crippen molar-refractivity contribution in [2.45, 2.75) is 57.1 Å². The number of anilines is 1. The number of halogens is 2. The molecule has 0 aliphatic heterocycles. The summed E-state index contributed by atoms with van der Waals surface area (Å²) in [6, 6.07) is 1.48. The normalized spacial score (nSPS) is 21.7. The van der Waals surface area contributed by atoms with E-state index >= 15 is 0 Å². The Labute approximate surface area is 178 Å². The molecule has 1 fully saturated rings. The quantitative estimate of drug-likeness (QED) is 0.538. The van der Waals surface area contributed by atoms with Crippen LogP contribution in [0.15, 0.2) is 24.7 Å². The fourth-order valence-electron chi connectivity index (χ4n) is 4.04. The SMILES string of the molecule is CCCC(=O)[C@@]1(O)CCCC(Nc2nc(-c3c[nH]c4ncc(Cl)cc34)ncc2F)C1. The number of carbonyl (C=O) groups excluding carboxylic acids is 1. The predicted molar refractivity (Wildman–Crippen MR) is 113 cm³/mol. The molecule has 3 N–H and O–H groups in total. The average Bonchev–Trinajstić information content (AvgIpc) is 3.13. The largest absolute Gasteiger partial charge is 0.382 e. The lowest BCUT2D eigenvalue weighted by Crippen LogP contribution is -2.46. The number of Topliss-reactive ketones (excluding diaryl/α,β-unsaturated/α-hetero) is 1. The number of carbonyl (C=O) groups is 1. The Hall–Kier alpha value is -2.58. The minimum absolute atomic E-state index is 0.0431. The topological polar surface area (TPSA) is 104 Å². The molecule has 1 aliphatic carbocycles. The molecular formula is C21H23ClFN5O2. The Morgan fingerprint density at radius 3 is 3.07 bits per heavy atom. The van der Waals surface area contributed by atoms with Crippen LogP contribution in [0.2, 0.25) is 5.02 Å². The molecule has 9 heteroatoms. The first kappa shape index (κ1) is 20.7. The van der Waals surface area contributed by atoms with Crippen LogP contribution >= 0.6 is 11.6 Å². The number of hydrogen-bond acceptors (Lipinski definition) is 6. The predicted octanol–water partition coefficient (Wildman–Crippen LogP) is 4.27. The number of H-pyrrole nitrogens is 1. The van der Waals surface area contributed by atoms with Crippen LogP contribution in [-0.2, 0) is 4.79 Å². The lowest BCUT2D eigenvalue weighted by molar-refractivity contribution is -0.140. The first-order chi connectivity index (χ1) is 14.4. The van der Waals surface area contributed by atoms with Crippen LogP contribution in [-0.4, -0.2) is 42.5 Å². The maximum Gasteiger partial charge on any atom is 0.183 e. The Kier molecular flexibility index (Phi) is 5.71. The number of hydrogen-bond donors (Lipinski definition) is 3. The maximum atomic E-state index is 14.5. The number of nitrogens with zero attached hydrogens (tertiary/aromatic N) is 3. The van der Waals surface area contributed by atoms with Crippen molar-refractivity contribution in [3.05, 3.63) is 35.5 Å². The summed E-state index contributed by atoms with van der Waals surface area (Å²) in [4.78, 5) is 28.1. The number of nitrogens with one attached hydrogen (secondary N) is 2. The zero-order chi connectivity index (χ0) is 21.3. The lowest BCUT2D eigenvalue weighted by Gasteiger charge is -2.36. The van der Waals surface area contributed by atoms with Crippen molar-refractivity contribution in [3.63, 3.8) is 0 Å². The van der Waals surface area contributed by atoms with Crippen LogP contribution < -0.4 is 5.32 Å². The van der Waals surface area contributed by atoms with E-state index < -0.39 is 11.4 Å². The molecule has 1 saturated carbocycles. The molecule has 0 amide bonds. The Morgan fingerprint density at radius 1 is 1.43 bits per heavy atom. The zero-order valence-corrected chi connectivity index (χ0v) is 17.3. The molecule has 158 valence electrons. The van der Waals surface area contributed by atoms with Crippen molar-refractivity contribution >= 4 is 34.2 Å². The molecule has 4 rings (SSSR count). The molecule has 3 aromatic rings. The second-order valence-corrected chi connectivity index (χ2v) is 8.22. The van der Waals surface area contributed by atoms with Gasteiger partial charge in [-0.15, -0.1) is 0 Å². The van der Waals surface area contributed by atoms with Crippen molar-refractivity contribution in [1.29, 1.82) is 0 Å². The van der Waals surface area contributed by atoms with Crippen LogP contribution in [0.3, 0.4) is 0 Å². The number of aromatic amines is 1. The summed E-state index contributed by atoms with van der Waals surface area (Å²) >= 11 is 6.05. The van der Waals surface area contributed by atoms with E-state index in [2.05, 4.69) is 25.3 Å². The summed E-state index contributed by atoms with van der Waals surface area (Å²) in [5.74, 6) is -0.379. The summed E-state index contributed by atoms with van der Waals surface area (Å²) in [6.07, 6.45) is 7.43. The van der Waals surface area contributed by atoms with Gasteiger partial charge in [0.15, 0.2) is 23.2 Å². The van der Waals surface area contributed by atoms with E-state index in [9.17, 15) is 14.3 Å². The highest BCUT2D eigenvalue weighted by Crippen LogP contribution is 2.33. The molecule has 7 nitrogen and oxygen atoms in total. The highest BCUT2D eigenvalue weighted by Gasteiger charge is 2.40. The van der Waals surface area contributed by atoms with Gasteiger partial charge in [-0.25, -0.2) is 19.3 Å². The number of pyridine rings is 1. The van der Waals surface area contributed by atoms with Gasteiger partial charge in [0.25, 0.3) is 0 Å². The molecule has 3 aromatic heterocycles. The van der Waals surface area contributed by atoms with Crippen LogP contribution in [0.1, 0.15) is 45.4 Å². The average molecular weight is 432 g/mol. The highest BCUT2D eigenvalue weighted by atomic mass is 35.5. The summed E-state index contributed by atoms with van der Waals surface area (Å²) < 4.78 is 14.5. The number of ketones is 1. The van der Waals surface area contributed by atoms with Crippen LogP contribution in [0.5, 0.6) is 0 Å². The molecule has 2 atom stereocenters. The van der Waals surface area contributed by atoms with E-state index in [1.165, 1.54) is 6.20 Å². The zero-order valence-electron chi connectivity index (χ0n) is 16.6. The maximum absolute atomic E-state index is 14.5. The van der Waals surface area contributed by atoms with Crippen molar-refractivity contribution in [1.82, 2.24) is 19.9 Å². The van der Waals surface area contributed by atoms with Gasteiger partial charge in [-0.3, -0.25) is 4.79 Å². The second-order valence-electron chi connectivity index (χ2n) is 7.78. The van der Waals surface area contributed by atoms with Gasteiger partial charge in [-0.1, -0.05) is 18.5 Å². The monoisotopic (exact) mass is 431 g/mol. The van der Waals surface area contributed by atoms with Gasteiger partial charge in [0.2, 0.25) is 0 Å². The third-order valence-electron chi connectivity index (χ3n) is 5.55. The van der Waals surface area contributed by atoms with Gasteiger partial charge >= 0.3 is 0 Å². The molecule has 1 unspecified atom stereocenters. The molecular weight excluding hydrogens is 409 g/mol. The molecule has 30 heavy (non-hydrogen) atoms. The van der Waals surface area contributed by atoms with Gasteiger partial charge in [0.1, 0.15) is 11.2 Å². The number of aliphatic hydroxyl groups is 1. The first-order valence-corrected chi connectivity index (χ1v) is 10.4. The van der Waals surface area contributed by atoms with Gasteiger partial charge in [0.05, 0.1) is 11.2 Å². The van der Waals surface area contributed by atoms with Gasteiger partial charge in [0, 0.05) is 42.2 Å². The van der Waals surface area contributed by atoms with Gasteiger partial charge < -0.3 is 15.4 Å². The molecule has 0 bridgehead atoms. The summed E-state index contributed by atoms with van der Waals surface area (Å²) in [6.45, 7) is 1.91.